The Morgan fingerprint density at radius 3 is 2.59 bits per heavy atom. The lowest BCUT2D eigenvalue weighted by molar-refractivity contribution is 0.621. The SMILES string of the molecule is CCc1nc2cc(F)c(I)cc2c(=O)n1-c1ccc(Br)cc1. The summed E-state index contributed by atoms with van der Waals surface area (Å²) in [6, 6.07) is 10.3. The van der Waals surface area contributed by atoms with E-state index in [1.165, 1.54) is 6.07 Å². The second-order valence-corrected chi connectivity index (χ2v) is 6.86. The molecule has 0 bridgehead atoms. The minimum atomic E-state index is -0.358. The molecule has 1 heterocycles. The van der Waals surface area contributed by atoms with Gasteiger partial charge in [-0.2, -0.15) is 0 Å². The van der Waals surface area contributed by atoms with E-state index in [9.17, 15) is 9.18 Å². The Kier molecular flexibility index (Phi) is 4.31. The van der Waals surface area contributed by atoms with Gasteiger partial charge in [-0.3, -0.25) is 9.36 Å². The highest BCUT2D eigenvalue weighted by atomic mass is 127. The van der Waals surface area contributed by atoms with Crippen molar-refractivity contribution in [2.24, 2.45) is 0 Å². The lowest BCUT2D eigenvalue weighted by Crippen LogP contribution is -2.23. The van der Waals surface area contributed by atoms with Gasteiger partial charge in [0.15, 0.2) is 0 Å². The van der Waals surface area contributed by atoms with Crippen LogP contribution in [0.1, 0.15) is 12.7 Å². The maximum Gasteiger partial charge on any atom is 0.266 e. The fraction of sp³-hybridized carbons (Fsp3) is 0.125. The smallest absolute Gasteiger partial charge is 0.266 e. The number of halogens is 3. The average molecular weight is 473 g/mol. The molecule has 22 heavy (non-hydrogen) atoms. The second-order valence-electron chi connectivity index (χ2n) is 4.78. The fourth-order valence-electron chi connectivity index (χ4n) is 2.32. The summed E-state index contributed by atoms with van der Waals surface area (Å²) >= 11 is 5.26. The van der Waals surface area contributed by atoms with E-state index in [1.807, 2.05) is 53.8 Å². The van der Waals surface area contributed by atoms with Gasteiger partial charge in [0.25, 0.3) is 5.56 Å². The van der Waals surface area contributed by atoms with Crippen LogP contribution in [-0.4, -0.2) is 9.55 Å². The number of rotatable bonds is 2. The van der Waals surface area contributed by atoms with E-state index in [0.717, 1.165) is 10.2 Å². The Labute approximate surface area is 148 Å². The summed E-state index contributed by atoms with van der Waals surface area (Å²) in [5.74, 6) is 0.254. The third-order valence-corrected chi connectivity index (χ3v) is 4.74. The Bertz CT molecular complexity index is 922. The number of nitrogens with zero attached hydrogens (tertiary/aromatic N) is 2. The van der Waals surface area contributed by atoms with Gasteiger partial charge >= 0.3 is 0 Å². The zero-order valence-electron chi connectivity index (χ0n) is 11.6. The molecule has 0 saturated carbocycles. The number of aryl methyl sites for hydroxylation is 1. The van der Waals surface area contributed by atoms with Crippen molar-refractivity contribution in [3.63, 3.8) is 0 Å². The van der Waals surface area contributed by atoms with Gasteiger partial charge in [-0.25, -0.2) is 9.37 Å². The van der Waals surface area contributed by atoms with Gasteiger partial charge in [-0.15, -0.1) is 0 Å². The first-order valence-electron chi connectivity index (χ1n) is 6.68. The van der Waals surface area contributed by atoms with E-state index in [2.05, 4.69) is 20.9 Å². The number of fused-ring (bicyclic) bond motifs is 1. The monoisotopic (exact) mass is 472 g/mol. The van der Waals surface area contributed by atoms with Crippen molar-refractivity contribution in [3.05, 3.63) is 66.4 Å². The predicted molar refractivity (Wildman–Crippen MR) is 97.1 cm³/mol. The molecule has 0 spiro atoms. The van der Waals surface area contributed by atoms with Gasteiger partial charge in [0.05, 0.1) is 16.6 Å². The first-order valence-corrected chi connectivity index (χ1v) is 8.55. The first kappa shape index (κ1) is 15.6. The summed E-state index contributed by atoms with van der Waals surface area (Å²) in [5, 5.41) is 0.422. The van der Waals surface area contributed by atoms with Crippen LogP contribution in [0.5, 0.6) is 0 Å². The molecule has 0 fully saturated rings. The van der Waals surface area contributed by atoms with E-state index in [4.69, 9.17) is 0 Å². The molecule has 0 aliphatic heterocycles. The maximum absolute atomic E-state index is 13.7. The van der Waals surface area contributed by atoms with Crippen LogP contribution in [0.15, 0.2) is 45.7 Å². The largest absolute Gasteiger partial charge is 0.268 e. The molecule has 1 aromatic heterocycles. The van der Waals surface area contributed by atoms with Crippen LogP contribution in [0.25, 0.3) is 16.6 Å². The van der Waals surface area contributed by atoms with Crippen molar-refractivity contribution < 1.29 is 4.39 Å². The van der Waals surface area contributed by atoms with Gasteiger partial charge in [0.2, 0.25) is 0 Å². The molecule has 3 rings (SSSR count). The summed E-state index contributed by atoms with van der Waals surface area (Å²) in [6.07, 6.45) is 0.578. The summed E-state index contributed by atoms with van der Waals surface area (Å²) in [5.41, 5.74) is 0.967. The number of aromatic nitrogens is 2. The molecule has 0 atom stereocenters. The van der Waals surface area contributed by atoms with E-state index < -0.39 is 0 Å². The molecule has 0 aliphatic carbocycles. The fourth-order valence-corrected chi connectivity index (χ4v) is 3.05. The Morgan fingerprint density at radius 1 is 1.27 bits per heavy atom. The second kappa shape index (κ2) is 6.08. The summed E-state index contributed by atoms with van der Waals surface area (Å²) in [7, 11) is 0. The first-order chi connectivity index (χ1) is 10.5. The Hall–Kier alpha value is -1.28. The average Bonchev–Trinajstić information content (AvgIpc) is 2.50. The molecule has 112 valence electrons. The predicted octanol–water partition coefficient (Wildman–Crippen LogP) is 4.45. The molecule has 3 aromatic rings. The van der Waals surface area contributed by atoms with E-state index in [0.29, 0.717) is 26.7 Å². The Morgan fingerprint density at radius 2 is 1.95 bits per heavy atom. The summed E-state index contributed by atoms with van der Waals surface area (Å²) in [6.45, 7) is 1.92. The van der Waals surface area contributed by atoms with Crippen molar-refractivity contribution in [1.82, 2.24) is 9.55 Å². The molecule has 2 aromatic carbocycles. The van der Waals surface area contributed by atoms with Gasteiger partial charge < -0.3 is 0 Å². The third-order valence-electron chi connectivity index (χ3n) is 3.38. The lowest BCUT2D eigenvalue weighted by atomic mass is 10.2. The number of hydrogen-bond acceptors (Lipinski definition) is 2. The third kappa shape index (κ3) is 2.69. The number of benzene rings is 2. The van der Waals surface area contributed by atoms with Crippen LogP contribution in [0.2, 0.25) is 0 Å². The molecule has 0 amide bonds. The zero-order chi connectivity index (χ0) is 15.9. The highest BCUT2D eigenvalue weighted by Gasteiger charge is 2.13. The van der Waals surface area contributed by atoms with Crippen LogP contribution in [0.3, 0.4) is 0 Å². The standard InChI is InChI=1S/C16H11BrFIN2O/c1-2-15-20-14-8-12(18)13(19)7-11(14)16(22)21(15)10-5-3-9(17)4-6-10/h3-8H,2H2,1H3. The molecular formula is C16H11BrFIN2O. The van der Waals surface area contributed by atoms with Gasteiger partial charge in [0, 0.05) is 20.5 Å². The molecule has 0 N–H and O–H groups in total. The highest BCUT2D eigenvalue weighted by Crippen LogP contribution is 2.20. The van der Waals surface area contributed by atoms with E-state index in [1.54, 1.807) is 10.6 Å². The quantitative estimate of drug-likeness (QED) is 0.516. The van der Waals surface area contributed by atoms with Gasteiger partial charge in [-0.1, -0.05) is 22.9 Å². The molecule has 3 nitrogen and oxygen atoms in total. The van der Waals surface area contributed by atoms with Crippen LogP contribution < -0.4 is 5.56 Å². The van der Waals surface area contributed by atoms with Crippen LogP contribution in [-0.2, 0) is 6.42 Å². The Balaban J connectivity index is 2.38. The summed E-state index contributed by atoms with van der Waals surface area (Å²) < 4.78 is 16.7. The molecule has 0 radical (unpaired) electrons. The van der Waals surface area contributed by atoms with Crippen molar-refractivity contribution >= 4 is 49.4 Å². The molecule has 0 aliphatic rings. The normalized spacial score (nSPS) is 11.1. The summed E-state index contributed by atoms with van der Waals surface area (Å²) in [4.78, 5) is 17.3. The lowest BCUT2D eigenvalue weighted by Gasteiger charge is -2.13. The topological polar surface area (TPSA) is 34.9 Å². The van der Waals surface area contributed by atoms with E-state index in [-0.39, 0.29) is 11.4 Å². The zero-order valence-corrected chi connectivity index (χ0v) is 15.4. The molecule has 0 saturated heterocycles. The van der Waals surface area contributed by atoms with Crippen LogP contribution in [0.4, 0.5) is 4.39 Å². The molecule has 0 unspecified atom stereocenters. The minimum Gasteiger partial charge on any atom is -0.268 e. The minimum absolute atomic E-state index is 0.179. The van der Waals surface area contributed by atoms with Gasteiger partial charge in [-0.05, 0) is 52.9 Å². The van der Waals surface area contributed by atoms with Crippen molar-refractivity contribution in [3.8, 4) is 5.69 Å². The number of hydrogen-bond donors (Lipinski definition) is 0. The molecular weight excluding hydrogens is 462 g/mol. The van der Waals surface area contributed by atoms with Crippen molar-refractivity contribution in [2.45, 2.75) is 13.3 Å². The van der Waals surface area contributed by atoms with Crippen LogP contribution >= 0.6 is 38.5 Å². The maximum atomic E-state index is 13.7. The highest BCUT2D eigenvalue weighted by molar-refractivity contribution is 14.1. The van der Waals surface area contributed by atoms with Crippen molar-refractivity contribution in [2.75, 3.05) is 0 Å². The van der Waals surface area contributed by atoms with Gasteiger partial charge in [0.1, 0.15) is 11.6 Å². The van der Waals surface area contributed by atoms with Crippen LogP contribution in [0, 0.1) is 9.39 Å². The van der Waals surface area contributed by atoms with Crippen molar-refractivity contribution in [1.29, 1.82) is 0 Å². The van der Waals surface area contributed by atoms with E-state index >= 15 is 0 Å². The molecule has 6 heteroatoms.